The van der Waals surface area contributed by atoms with Gasteiger partial charge in [-0.25, -0.2) is 0 Å². The molecule has 0 N–H and O–H groups in total. The molecule has 0 aromatic rings. The van der Waals surface area contributed by atoms with Crippen molar-refractivity contribution in [2.75, 3.05) is 0 Å². The number of hydrogen-bond acceptors (Lipinski definition) is 0. The lowest BCUT2D eigenvalue weighted by Crippen LogP contribution is -1.95. The molecule has 0 aliphatic heterocycles. The second-order valence-electron chi connectivity index (χ2n) is 6.43. The van der Waals surface area contributed by atoms with Crippen LogP contribution in [-0.4, -0.2) is 0 Å². The highest BCUT2D eigenvalue weighted by atomic mass is 14.1. The Morgan fingerprint density at radius 3 is 1.53 bits per heavy atom. The largest absolute Gasteiger partial charge is 0.0654 e. The first-order valence-corrected chi connectivity index (χ1v) is 9.10. The summed E-state index contributed by atoms with van der Waals surface area (Å²) in [7, 11) is 0. The van der Waals surface area contributed by atoms with Gasteiger partial charge in [0.25, 0.3) is 0 Å². The fourth-order valence-electron chi connectivity index (χ4n) is 2.79. The van der Waals surface area contributed by atoms with Crippen LogP contribution in [0.25, 0.3) is 0 Å². The van der Waals surface area contributed by atoms with E-state index in [0.717, 1.165) is 12.3 Å². The van der Waals surface area contributed by atoms with E-state index in [1.54, 1.807) is 0 Å². The van der Waals surface area contributed by atoms with E-state index in [4.69, 9.17) is 0 Å². The molecule has 115 valence electrons. The summed E-state index contributed by atoms with van der Waals surface area (Å²) in [6, 6.07) is 0. The average molecular weight is 268 g/mol. The van der Waals surface area contributed by atoms with Crippen molar-refractivity contribution in [2.45, 2.75) is 110 Å². The molecule has 0 saturated heterocycles. The second kappa shape index (κ2) is 16.1. The molecule has 0 heteroatoms. The van der Waals surface area contributed by atoms with Crippen LogP contribution in [0, 0.1) is 12.8 Å². The molecule has 19 heavy (non-hydrogen) atoms. The summed E-state index contributed by atoms with van der Waals surface area (Å²) >= 11 is 0. The van der Waals surface area contributed by atoms with Crippen LogP contribution >= 0.6 is 0 Å². The van der Waals surface area contributed by atoms with Crippen molar-refractivity contribution in [1.82, 2.24) is 0 Å². The summed E-state index contributed by atoms with van der Waals surface area (Å²) in [4.78, 5) is 0. The van der Waals surface area contributed by atoms with E-state index >= 15 is 0 Å². The molecule has 1 radical (unpaired) electrons. The maximum atomic E-state index is 3.90. The molecule has 0 aliphatic carbocycles. The van der Waals surface area contributed by atoms with E-state index in [-0.39, 0.29) is 0 Å². The molecule has 0 nitrogen and oxygen atoms in total. The third kappa shape index (κ3) is 15.9. The van der Waals surface area contributed by atoms with Gasteiger partial charge >= 0.3 is 0 Å². The molecule has 0 spiro atoms. The lowest BCUT2D eigenvalue weighted by atomic mass is 9.96. The Balaban J connectivity index is 3.09. The van der Waals surface area contributed by atoms with Gasteiger partial charge in [-0.2, -0.15) is 0 Å². The molecule has 1 unspecified atom stereocenters. The summed E-state index contributed by atoms with van der Waals surface area (Å²) < 4.78 is 0. The van der Waals surface area contributed by atoms with Crippen LogP contribution in [0.3, 0.4) is 0 Å². The van der Waals surface area contributed by atoms with Gasteiger partial charge in [-0.15, -0.1) is 0 Å². The molecule has 0 rings (SSSR count). The van der Waals surface area contributed by atoms with E-state index < -0.39 is 0 Å². The third-order valence-corrected chi connectivity index (χ3v) is 4.25. The molecule has 1 atom stereocenters. The van der Waals surface area contributed by atoms with Crippen molar-refractivity contribution in [3.63, 3.8) is 0 Å². The minimum Gasteiger partial charge on any atom is -0.0654 e. The fraction of sp³-hybridized carbons (Fsp3) is 0.947. The molecule has 0 heterocycles. The van der Waals surface area contributed by atoms with E-state index in [1.807, 2.05) is 0 Å². The zero-order valence-electron chi connectivity index (χ0n) is 13.9. The van der Waals surface area contributed by atoms with Crippen molar-refractivity contribution in [1.29, 1.82) is 0 Å². The lowest BCUT2D eigenvalue weighted by Gasteiger charge is -2.10. The summed E-state index contributed by atoms with van der Waals surface area (Å²) in [5, 5.41) is 0. The maximum Gasteiger partial charge on any atom is -0.0443 e. The van der Waals surface area contributed by atoms with E-state index in [1.165, 1.54) is 89.9 Å². The first-order chi connectivity index (χ1) is 9.31. The van der Waals surface area contributed by atoms with Gasteiger partial charge < -0.3 is 0 Å². The van der Waals surface area contributed by atoms with Crippen LogP contribution in [0.2, 0.25) is 0 Å². The van der Waals surface area contributed by atoms with Gasteiger partial charge in [0.15, 0.2) is 0 Å². The Morgan fingerprint density at radius 1 is 0.632 bits per heavy atom. The highest BCUT2D eigenvalue weighted by Gasteiger charge is 2.01. The minimum absolute atomic E-state index is 0.958. The normalized spacial score (nSPS) is 12.8. The molecule has 0 aromatic heterocycles. The lowest BCUT2D eigenvalue weighted by molar-refractivity contribution is 0.432. The first kappa shape index (κ1) is 19.0. The minimum atomic E-state index is 0.958. The number of hydrogen-bond donors (Lipinski definition) is 0. The predicted octanol–water partition coefficient (Wildman–Crippen LogP) is 7.33. The standard InChI is InChI=1S/C19H39/c1-4-6-8-10-11-12-14-16-18-19(3)17-15-13-9-7-5-2/h19H,2,4-18H2,1,3H3. The Kier molecular flexibility index (Phi) is 16.1. The van der Waals surface area contributed by atoms with E-state index in [0.29, 0.717) is 0 Å². The van der Waals surface area contributed by atoms with Crippen LogP contribution in [0.4, 0.5) is 0 Å². The summed E-state index contributed by atoms with van der Waals surface area (Å²) in [5.74, 6) is 0.958. The van der Waals surface area contributed by atoms with Crippen LogP contribution in [0.15, 0.2) is 0 Å². The average Bonchev–Trinajstić information content (AvgIpc) is 2.41. The van der Waals surface area contributed by atoms with Gasteiger partial charge in [-0.1, -0.05) is 117 Å². The Bertz CT molecular complexity index is 150. The predicted molar refractivity (Wildman–Crippen MR) is 89.5 cm³/mol. The Hall–Kier alpha value is 0. The van der Waals surface area contributed by atoms with Crippen molar-refractivity contribution < 1.29 is 0 Å². The van der Waals surface area contributed by atoms with Crippen molar-refractivity contribution >= 4 is 0 Å². The van der Waals surface area contributed by atoms with E-state index in [2.05, 4.69) is 20.8 Å². The monoisotopic (exact) mass is 267 g/mol. The second-order valence-corrected chi connectivity index (χ2v) is 6.43. The van der Waals surface area contributed by atoms with Crippen molar-refractivity contribution in [3.8, 4) is 0 Å². The van der Waals surface area contributed by atoms with Crippen LogP contribution < -0.4 is 0 Å². The van der Waals surface area contributed by atoms with Gasteiger partial charge in [0.1, 0.15) is 0 Å². The van der Waals surface area contributed by atoms with Gasteiger partial charge in [0, 0.05) is 0 Å². The van der Waals surface area contributed by atoms with Crippen molar-refractivity contribution in [2.24, 2.45) is 5.92 Å². The third-order valence-electron chi connectivity index (χ3n) is 4.25. The van der Waals surface area contributed by atoms with Crippen LogP contribution in [0.1, 0.15) is 110 Å². The SMILES string of the molecule is [CH2]CCCCCCC(C)CCCCCCCCCC. The summed E-state index contributed by atoms with van der Waals surface area (Å²) in [5.41, 5.74) is 0. The zero-order valence-corrected chi connectivity index (χ0v) is 13.9. The zero-order chi connectivity index (χ0) is 14.2. The molecule has 0 bridgehead atoms. The molecular formula is C19H39. The Morgan fingerprint density at radius 2 is 1.05 bits per heavy atom. The quantitative estimate of drug-likeness (QED) is 0.272. The number of rotatable bonds is 15. The summed E-state index contributed by atoms with van der Waals surface area (Å²) in [6.45, 7) is 8.64. The molecule has 0 aliphatic rings. The molecule has 0 fully saturated rings. The smallest absolute Gasteiger partial charge is 0.0443 e. The van der Waals surface area contributed by atoms with Gasteiger partial charge in [0.2, 0.25) is 0 Å². The molecule has 0 saturated carbocycles. The topological polar surface area (TPSA) is 0 Å². The van der Waals surface area contributed by atoms with Crippen LogP contribution in [0.5, 0.6) is 0 Å². The number of unbranched alkanes of at least 4 members (excludes halogenated alkanes) is 11. The molecule has 0 amide bonds. The highest BCUT2D eigenvalue weighted by molar-refractivity contribution is 4.56. The van der Waals surface area contributed by atoms with Gasteiger partial charge in [-0.3, -0.25) is 0 Å². The first-order valence-electron chi connectivity index (χ1n) is 9.10. The molecule has 0 aromatic carbocycles. The fourth-order valence-corrected chi connectivity index (χ4v) is 2.79. The van der Waals surface area contributed by atoms with Crippen LogP contribution in [-0.2, 0) is 0 Å². The van der Waals surface area contributed by atoms with Gasteiger partial charge in [-0.05, 0) is 5.92 Å². The maximum absolute atomic E-state index is 3.90. The van der Waals surface area contributed by atoms with E-state index in [9.17, 15) is 0 Å². The van der Waals surface area contributed by atoms with Gasteiger partial charge in [0.05, 0.1) is 0 Å². The molecular weight excluding hydrogens is 228 g/mol. The highest BCUT2D eigenvalue weighted by Crippen LogP contribution is 2.18. The summed E-state index contributed by atoms with van der Waals surface area (Å²) in [6.07, 6.45) is 21.2. The van der Waals surface area contributed by atoms with Crippen molar-refractivity contribution in [3.05, 3.63) is 6.92 Å². The Labute approximate surface area is 123 Å².